The number of carbonyl (C=O) groups is 1. The van der Waals surface area contributed by atoms with Crippen LogP contribution in [0.15, 0.2) is 36.5 Å². The fourth-order valence-corrected chi connectivity index (χ4v) is 2.38. The number of aliphatic hydroxyl groups excluding tert-OH is 1. The molecule has 1 amide bonds. The Balaban J connectivity index is 1.79. The number of aliphatic hydroxyl groups is 1. The fourth-order valence-electron chi connectivity index (χ4n) is 2.38. The van der Waals surface area contributed by atoms with Gasteiger partial charge in [0.2, 0.25) is 0 Å². The van der Waals surface area contributed by atoms with Crippen LogP contribution >= 0.6 is 0 Å². The van der Waals surface area contributed by atoms with Crippen LogP contribution in [0.3, 0.4) is 0 Å². The van der Waals surface area contributed by atoms with Gasteiger partial charge in [-0.3, -0.25) is 9.78 Å². The molecule has 3 N–H and O–H groups in total. The first-order valence-corrected chi connectivity index (χ1v) is 7.40. The molecule has 0 fully saturated rings. The lowest BCUT2D eigenvalue weighted by atomic mass is 10.2. The summed E-state index contributed by atoms with van der Waals surface area (Å²) in [5, 5.41) is 12.0. The molecule has 2 aromatic heterocycles. The minimum Gasteiger partial charge on any atom is -0.392 e. The summed E-state index contributed by atoms with van der Waals surface area (Å²) in [6.45, 7) is 3.75. The largest absolute Gasteiger partial charge is 0.392 e. The molecular formula is C17H18N4O2. The zero-order valence-electron chi connectivity index (χ0n) is 13.0. The Morgan fingerprint density at radius 3 is 2.96 bits per heavy atom. The van der Waals surface area contributed by atoms with E-state index in [1.54, 1.807) is 12.1 Å². The summed E-state index contributed by atoms with van der Waals surface area (Å²) < 4.78 is 0. The maximum Gasteiger partial charge on any atom is 0.270 e. The highest BCUT2D eigenvalue weighted by Gasteiger charge is 2.16. The number of imidazole rings is 1. The molecule has 23 heavy (non-hydrogen) atoms. The van der Waals surface area contributed by atoms with Gasteiger partial charge in [0.25, 0.3) is 5.91 Å². The first-order valence-electron chi connectivity index (χ1n) is 7.40. The van der Waals surface area contributed by atoms with Crippen LogP contribution in [0.25, 0.3) is 11.0 Å². The van der Waals surface area contributed by atoms with Crippen LogP contribution < -0.4 is 5.32 Å². The lowest BCUT2D eigenvalue weighted by Gasteiger charge is -2.11. The molecule has 6 nitrogen and oxygen atoms in total. The molecule has 0 unspecified atom stereocenters. The smallest absolute Gasteiger partial charge is 0.270 e. The normalized spacial score (nSPS) is 12.3. The van der Waals surface area contributed by atoms with Crippen molar-refractivity contribution in [3.05, 3.63) is 59.2 Å². The van der Waals surface area contributed by atoms with Crippen molar-refractivity contribution in [3.8, 4) is 0 Å². The van der Waals surface area contributed by atoms with Crippen molar-refractivity contribution in [1.82, 2.24) is 20.3 Å². The van der Waals surface area contributed by atoms with Crippen molar-refractivity contribution < 1.29 is 9.90 Å². The number of fused-ring (bicyclic) bond motifs is 1. The zero-order chi connectivity index (χ0) is 16.4. The molecule has 3 aromatic rings. The van der Waals surface area contributed by atoms with Crippen LogP contribution in [0.2, 0.25) is 0 Å². The summed E-state index contributed by atoms with van der Waals surface area (Å²) in [5.41, 5.74) is 3.88. The van der Waals surface area contributed by atoms with Crippen molar-refractivity contribution in [1.29, 1.82) is 0 Å². The van der Waals surface area contributed by atoms with Gasteiger partial charge < -0.3 is 15.4 Å². The number of hydrogen-bond donors (Lipinski definition) is 3. The van der Waals surface area contributed by atoms with Crippen LogP contribution in [0, 0.1) is 6.92 Å². The van der Waals surface area contributed by atoms with Crippen molar-refractivity contribution in [2.24, 2.45) is 0 Å². The highest BCUT2D eigenvalue weighted by atomic mass is 16.3. The van der Waals surface area contributed by atoms with Crippen molar-refractivity contribution >= 4 is 16.9 Å². The van der Waals surface area contributed by atoms with Gasteiger partial charge in [-0.1, -0.05) is 6.07 Å². The number of hydrogen-bond acceptors (Lipinski definition) is 4. The number of rotatable bonds is 4. The highest BCUT2D eigenvalue weighted by Crippen LogP contribution is 2.17. The van der Waals surface area contributed by atoms with E-state index in [0.717, 1.165) is 16.6 Å². The van der Waals surface area contributed by atoms with Crippen molar-refractivity contribution in [2.45, 2.75) is 26.5 Å². The van der Waals surface area contributed by atoms with Crippen LogP contribution in [0.1, 0.15) is 40.4 Å². The summed E-state index contributed by atoms with van der Waals surface area (Å²) in [4.78, 5) is 24.0. The Hall–Kier alpha value is -2.73. The fraction of sp³-hybridized carbons (Fsp3) is 0.235. The molecule has 0 bridgehead atoms. The Bertz CT molecular complexity index is 857. The van der Waals surface area contributed by atoms with Crippen LogP contribution in [0.4, 0.5) is 0 Å². The number of pyridine rings is 1. The molecule has 0 saturated carbocycles. The van der Waals surface area contributed by atoms with Gasteiger partial charge in [-0.25, -0.2) is 4.98 Å². The molecule has 0 saturated heterocycles. The van der Waals surface area contributed by atoms with E-state index in [2.05, 4.69) is 20.3 Å². The van der Waals surface area contributed by atoms with Crippen molar-refractivity contribution in [2.75, 3.05) is 0 Å². The number of carbonyl (C=O) groups excluding carboxylic acids is 1. The minimum absolute atomic E-state index is 0.124. The molecule has 0 aliphatic rings. The molecule has 3 rings (SSSR count). The summed E-state index contributed by atoms with van der Waals surface area (Å²) in [6, 6.07) is 8.93. The number of aromatic amines is 1. The van der Waals surface area contributed by atoms with E-state index in [-0.39, 0.29) is 24.2 Å². The standard InChI is InChI=1S/C17H18N4O2/c1-10-3-4-13-14(7-10)21-16(20-13)11(2)19-17(23)15-8-12(9-22)5-6-18-15/h3-8,11,22H,9H2,1-2H3,(H,19,23)(H,20,21)/t11-/m1/s1. The quantitative estimate of drug-likeness (QED) is 0.689. The molecule has 0 aliphatic carbocycles. The Kier molecular flexibility index (Phi) is 4.08. The average molecular weight is 310 g/mol. The average Bonchev–Trinajstić information content (AvgIpc) is 2.98. The Morgan fingerprint density at radius 2 is 2.17 bits per heavy atom. The molecule has 0 aliphatic heterocycles. The first kappa shape index (κ1) is 15.2. The maximum atomic E-state index is 12.3. The lowest BCUT2D eigenvalue weighted by Crippen LogP contribution is -2.28. The molecule has 1 aromatic carbocycles. The monoisotopic (exact) mass is 310 g/mol. The van der Waals surface area contributed by atoms with Crippen LogP contribution in [-0.4, -0.2) is 26.0 Å². The third kappa shape index (κ3) is 3.22. The Morgan fingerprint density at radius 1 is 1.35 bits per heavy atom. The van der Waals surface area contributed by atoms with Gasteiger partial charge in [-0.2, -0.15) is 0 Å². The minimum atomic E-state index is -0.301. The molecule has 0 spiro atoms. The molecule has 6 heteroatoms. The SMILES string of the molecule is Cc1ccc2nc([C@@H](C)NC(=O)c3cc(CO)ccn3)[nH]c2c1. The molecule has 0 radical (unpaired) electrons. The second-order valence-electron chi connectivity index (χ2n) is 5.55. The summed E-state index contributed by atoms with van der Waals surface area (Å²) in [6.07, 6.45) is 1.51. The maximum absolute atomic E-state index is 12.3. The predicted molar refractivity (Wildman–Crippen MR) is 86.9 cm³/mol. The van der Waals surface area contributed by atoms with E-state index in [9.17, 15) is 4.79 Å². The number of H-pyrrole nitrogens is 1. The van der Waals surface area contributed by atoms with Crippen LogP contribution in [-0.2, 0) is 6.61 Å². The molecule has 118 valence electrons. The highest BCUT2D eigenvalue weighted by molar-refractivity contribution is 5.92. The third-order valence-electron chi connectivity index (χ3n) is 3.65. The van der Waals surface area contributed by atoms with Gasteiger partial charge in [0, 0.05) is 6.20 Å². The molecule has 1 atom stereocenters. The number of aryl methyl sites for hydroxylation is 1. The number of amides is 1. The molecular weight excluding hydrogens is 292 g/mol. The third-order valence-corrected chi connectivity index (χ3v) is 3.65. The number of nitrogens with zero attached hydrogens (tertiary/aromatic N) is 2. The van der Waals surface area contributed by atoms with Crippen LogP contribution in [0.5, 0.6) is 0 Å². The van der Waals surface area contributed by atoms with E-state index in [0.29, 0.717) is 11.4 Å². The number of benzene rings is 1. The van der Waals surface area contributed by atoms with Gasteiger partial charge in [-0.05, 0) is 49.2 Å². The van der Waals surface area contributed by atoms with Gasteiger partial charge in [0.15, 0.2) is 0 Å². The first-order chi connectivity index (χ1) is 11.1. The predicted octanol–water partition coefficient (Wildman–Crippen LogP) is 2.25. The zero-order valence-corrected chi connectivity index (χ0v) is 13.0. The van der Waals surface area contributed by atoms with E-state index in [4.69, 9.17) is 5.11 Å². The van der Waals surface area contributed by atoms with E-state index >= 15 is 0 Å². The van der Waals surface area contributed by atoms with Gasteiger partial charge in [0.05, 0.1) is 23.7 Å². The van der Waals surface area contributed by atoms with E-state index in [1.807, 2.05) is 32.0 Å². The van der Waals surface area contributed by atoms with E-state index in [1.165, 1.54) is 6.20 Å². The van der Waals surface area contributed by atoms with Crippen molar-refractivity contribution in [3.63, 3.8) is 0 Å². The van der Waals surface area contributed by atoms with Gasteiger partial charge >= 0.3 is 0 Å². The lowest BCUT2D eigenvalue weighted by molar-refractivity contribution is 0.0933. The summed E-state index contributed by atoms with van der Waals surface area (Å²) in [7, 11) is 0. The number of aromatic nitrogens is 3. The van der Waals surface area contributed by atoms with E-state index < -0.39 is 0 Å². The number of nitrogens with one attached hydrogen (secondary N) is 2. The second-order valence-corrected chi connectivity index (χ2v) is 5.55. The second kappa shape index (κ2) is 6.18. The summed E-state index contributed by atoms with van der Waals surface area (Å²) in [5.74, 6) is 0.390. The topological polar surface area (TPSA) is 90.9 Å². The van der Waals surface area contributed by atoms with Gasteiger partial charge in [0.1, 0.15) is 11.5 Å². The Labute approximate surface area is 133 Å². The van der Waals surface area contributed by atoms with Gasteiger partial charge in [-0.15, -0.1) is 0 Å². The summed E-state index contributed by atoms with van der Waals surface area (Å²) >= 11 is 0. The molecule has 2 heterocycles.